The number of hydrogen-bond donors (Lipinski definition) is 0. The van der Waals surface area contributed by atoms with Crippen LogP contribution in [-0.4, -0.2) is 20.2 Å². The molecule has 6 heteroatoms. The van der Waals surface area contributed by atoms with Gasteiger partial charge < -0.3 is 0 Å². The van der Waals surface area contributed by atoms with Crippen LogP contribution in [0.2, 0.25) is 0 Å². The molecule has 0 heterocycles. The van der Waals surface area contributed by atoms with E-state index in [-0.39, 0.29) is 0 Å². The van der Waals surface area contributed by atoms with E-state index in [1.165, 1.54) is 0 Å². The predicted octanol–water partition coefficient (Wildman–Crippen LogP) is 3.58. The van der Waals surface area contributed by atoms with Crippen molar-refractivity contribution in [2.45, 2.75) is 30.4 Å². The number of azide groups is 1. The highest BCUT2D eigenvalue weighted by Gasteiger charge is 2.18. The molecule has 1 aromatic rings. The van der Waals surface area contributed by atoms with Crippen molar-refractivity contribution < 1.29 is 8.42 Å². The van der Waals surface area contributed by atoms with Crippen molar-refractivity contribution >= 4 is 15.9 Å². The smallest absolute Gasteiger partial charge is 0.180 e. The van der Waals surface area contributed by atoms with Crippen LogP contribution in [-0.2, 0) is 9.84 Å². The summed E-state index contributed by atoms with van der Waals surface area (Å²) in [5.41, 5.74) is 8.95. The topological polar surface area (TPSA) is 82.9 Å². The van der Waals surface area contributed by atoms with E-state index in [0.29, 0.717) is 17.9 Å². The average molecular weight is 279 g/mol. The molecule has 0 saturated carbocycles. The molecule has 5 nitrogen and oxygen atoms in total. The first-order chi connectivity index (χ1) is 8.98. The lowest BCUT2D eigenvalue weighted by Crippen LogP contribution is -2.13. The minimum Gasteiger partial charge on any atom is -0.223 e. The van der Waals surface area contributed by atoms with Crippen LogP contribution < -0.4 is 0 Å². The van der Waals surface area contributed by atoms with Crippen molar-refractivity contribution in [2.24, 2.45) is 5.11 Å². The fraction of sp³-hybridized carbons (Fsp3) is 0.385. The van der Waals surface area contributed by atoms with Gasteiger partial charge in [0.2, 0.25) is 0 Å². The second-order valence-electron chi connectivity index (χ2n) is 4.31. The molecule has 0 N–H and O–H groups in total. The number of sulfone groups is 1. The normalized spacial score (nSPS) is 11.7. The van der Waals surface area contributed by atoms with Gasteiger partial charge in [0, 0.05) is 11.5 Å². The molecule has 1 rings (SSSR count). The summed E-state index contributed by atoms with van der Waals surface area (Å²) in [6.07, 6.45) is 4.31. The van der Waals surface area contributed by atoms with E-state index >= 15 is 0 Å². The standard InChI is InChI=1S/C13H17N3O2S/c1-11(2)19(17,18)13-8-5-7-12(10-13)6-3-4-9-15-16-14/h3,5-8,10-11H,4,9H2,1-2H3. The van der Waals surface area contributed by atoms with Gasteiger partial charge in [0.05, 0.1) is 10.1 Å². The van der Waals surface area contributed by atoms with Crippen LogP contribution in [0, 0.1) is 0 Å². The molecule has 1 aromatic carbocycles. The third-order valence-corrected chi connectivity index (χ3v) is 4.73. The first kappa shape index (κ1) is 15.3. The van der Waals surface area contributed by atoms with E-state index in [1.54, 1.807) is 32.0 Å². The molecular weight excluding hydrogens is 262 g/mol. The Hall–Kier alpha value is -1.78. The SMILES string of the molecule is CC(C)S(=O)(=O)c1cccc(C=CCCN=[N+]=[N-])c1. The van der Waals surface area contributed by atoms with Gasteiger partial charge in [0.25, 0.3) is 0 Å². The molecule has 0 spiro atoms. The number of rotatable bonds is 6. The van der Waals surface area contributed by atoms with Crippen molar-refractivity contribution in [2.75, 3.05) is 6.54 Å². The highest BCUT2D eigenvalue weighted by molar-refractivity contribution is 7.92. The van der Waals surface area contributed by atoms with E-state index < -0.39 is 15.1 Å². The minimum atomic E-state index is -3.24. The Morgan fingerprint density at radius 3 is 2.79 bits per heavy atom. The predicted molar refractivity (Wildman–Crippen MR) is 76.4 cm³/mol. The van der Waals surface area contributed by atoms with Crippen LogP contribution in [0.1, 0.15) is 25.8 Å². The molecular formula is C13H17N3O2S. The van der Waals surface area contributed by atoms with Crippen LogP contribution in [0.3, 0.4) is 0 Å². The molecule has 0 saturated heterocycles. The number of nitrogens with zero attached hydrogens (tertiary/aromatic N) is 3. The van der Waals surface area contributed by atoms with Gasteiger partial charge in [-0.3, -0.25) is 0 Å². The lowest BCUT2D eigenvalue weighted by Gasteiger charge is -2.08. The van der Waals surface area contributed by atoms with E-state index in [9.17, 15) is 8.42 Å². The van der Waals surface area contributed by atoms with Gasteiger partial charge in [-0.15, -0.1) is 0 Å². The summed E-state index contributed by atoms with van der Waals surface area (Å²) in [5.74, 6) is 0. The second kappa shape index (κ2) is 6.97. The van der Waals surface area contributed by atoms with E-state index in [1.807, 2.05) is 18.2 Å². The van der Waals surface area contributed by atoms with E-state index in [0.717, 1.165) is 5.56 Å². The van der Waals surface area contributed by atoms with Gasteiger partial charge in [0.15, 0.2) is 9.84 Å². The number of hydrogen-bond acceptors (Lipinski definition) is 3. The summed E-state index contributed by atoms with van der Waals surface area (Å²) in [5, 5.41) is 2.98. The second-order valence-corrected chi connectivity index (χ2v) is 6.82. The fourth-order valence-electron chi connectivity index (χ4n) is 1.46. The maximum atomic E-state index is 12.0. The summed E-state index contributed by atoms with van der Waals surface area (Å²) in [7, 11) is -3.24. The zero-order chi connectivity index (χ0) is 14.3. The summed E-state index contributed by atoms with van der Waals surface area (Å²) >= 11 is 0. The Labute approximate surface area is 113 Å². The molecule has 0 amide bonds. The Balaban J connectivity index is 2.86. The highest BCUT2D eigenvalue weighted by Crippen LogP contribution is 2.18. The van der Waals surface area contributed by atoms with Crippen molar-refractivity contribution in [1.29, 1.82) is 0 Å². The van der Waals surface area contributed by atoms with Crippen LogP contribution in [0.25, 0.3) is 16.5 Å². The molecule has 19 heavy (non-hydrogen) atoms. The highest BCUT2D eigenvalue weighted by atomic mass is 32.2. The molecule has 0 aromatic heterocycles. The summed E-state index contributed by atoms with van der Waals surface area (Å²) < 4.78 is 24.0. The average Bonchev–Trinajstić information content (AvgIpc) is 2.38. The monoisotopic (exact) mass is 279 g/mol. The van der Waals surface area contributed by atoms with Gasteiger partial charge in [0.1, 0.15) is 0 Å². The first-order valence-corrected chi connectivity index (χ1v) is 7.54. The number of benzene rings is 1. The van der Waals surface area contributed by atoms with Crippen molar-refractivity contribution in [3.63, 3.8) is 0 Å². The largest absolute Gasteiger partial charge is 0.223 e. The summed E-state index contributed by atoms with van der Waals surface area (Å²) in [6.45, 7) is 3.73. The van der Waals surface area contributed by atoms with E-state index in [2.05, 4.69) is 10.0 Å². The zero-order valence-corrected chi connectivity index (χ0v) is 11.8. The molecule has 0 bridgehead atoms. The molecule has 0 unspecified atom stereocenters. The zero-order valence-electron chi connectivity index (χ0n) is 11.0. The van der Waals surface area contributed by atoms with Gasteiger partial charge in [-0.1, -0.05) is 29.4 Å². The van der Waals surface area contributed by atoms with Crippen LogP contribution in [0.5, 0.6) is 0 Å². The summed E-state index contributed by atoms with van der Waals surface area (Å²) in [4.78, 5) is 2.99. The van der Waals surface area contributed by atoms with Crippen LogP contribution in [0.4, 0.5) is 0 Å². The third-order valence-electron chi connectivity index (χ3n) is 2.58. The van der Waals surface area contributed by atoms with Crippen LogP contribution in [0.15, 0.2) is 40.4 Å². The van der Waals surface area contributed by atoms with Crippen molar-refractivity contribution in [1.82, 2.24) is 0 Å². The van der Waals surface area contributed by atoms with Gasteiger partial charge in [-0.2, -0.15) is 0 Å². The van der Waals surface area contributed by atoms with Gasteiger partial charge >= 0.3 is 0 Å². The Morgan fingerprint density at radius 2 is 2.16 bits per heavy atom. The molecule has 0 aliphatic heterocycles. The molecule has 0 aliphatic carbocycles. The van der Waals surface area contributed by atoms with Gasteiger partial charge in [-0.25, -0.2) is 8.42 Å². The molecule has 0 radical (unpaired) electrons. The lowest BCUT2D eigenvalue weighted by atomic mass is 10.2. The van der Waals surface area contributed by atoms with E-state index in [4.69, 9.17) is 5.53 Å². The molecule has 102 valence electrons. The van der Waals surface area contributed by atoms with Crippen LogP contribution >= 0.6 is 0 Å². The Kier molecular flexibility index (Phi) is 5.60. The minimum absolute atomic E-state index is 0.333. The summed E-state index contributed by atoms with van der Waals surface area (Å²) in [6, 6.07) is 6.82. The Morgan fingerprint density at radius 1 is 1.42 bits per heavy atom. The molecule has 0 fully saturated rings. The van der Waals surface area contributed by atoms with Crippen molar-refractivity contribution in [3.8, 4) is 0 Å². The van der Waals surface area contributed by atoms with Crippen molar-refractivity contribution in [3.05, 3.63) is 46.3 Å². The molecule has 0 aliphatic rings. The fourth-order valence-corrected chi connectivity index (χ4v) is 2.58. The maximum absolute atomic E-state index is 12.0. The molecule has 0 atom stereocenters. The quantitative estimate of drug-likeness (QED) is 0.345. The lowest BCUT2D eigenvalue weighted by molar-refractivity contribution is 0.587. The first-order valence-electron chi connectivity index (χ1n) is 6.00. The maximum Gasteiger partial charge on any atom is 0.180 e. The van der Waals surface area contributed by atoms with Gasteiger partial charge in [-0.05, 0) is 43.5 Å². The third kappa shape index (κ3) is 4.43. The Bertz CT molecular complexity index is 600.